The third-order valence-corrected chi connectivity index (χ3v) is 4.12. The number of benzene rings is 2. The zero-order valence-corrected chi connectivity index (χ0v) is 14.7. The van der Waals surface area contributed by atoms with Crippen molar-refractivity contribution in [3.8, 4) is 5.75 Å². The number of halogens is 2. The first-order chi connectivity index (χ1) is 11.2. The van der Waals surface area contributed by atoms with Crippen LogP contribution in [0.2, 0.25) is 10.0 Å². The van der Waals surface area contributed by atoms with Crippen molar-refractivity contribution < 1.29 is 17.9 Å². The van der Waals surface area contributed by atoms with Crippen LogP contribution in [-0.4, -0.2) is 20.9 Å². The van der Waals surface area contributed by atoms with Gasteiger partial charge in [-0.25, -0.2) is 13.6 Å². The van der Waals surface area contributed by atoms with E-state index >= 15 is 0 Å². The van der Waals surface area contributed by atoms with Gasteiger partial charge in [-0.15, -0.1) is 0 Å². The molecular weight excluding hydrogens is 375 g/mol. The molecule has 0 atom stereocenters. The van der Waals surface area contributed by atoms with E-state index in [0.29, 0.717) is 27.0 Å². The van der Waals surface area contributed by atoms with Crippen molar-refractivity contribution in [2.24, 2.45) is 5.14 Å². The van der Waals surface area contributed by atoms with Gasteiger partial charge in [-0.1, -0.05) is 35.3 Å². The Morgan fingerprint density at radius 2 is 1.79 bits per heavy atom. The number of amides is 1. The first kappa shape index (κ1) is 18.5. The number of hydrogen-bond donors (Lipinski definition) is 2. The quantitative estimate of drug-likeness (QED) is 0.794. The Hall–Kier alpha value is -1.80. The molecule has 0 heterocycles. The summed E-state index contributed by atoms with van der Waals surface area (Å²) in [4.78, 5) is 11.9. The molecule has 3 N–H and O–H groups in total. The van der Waals surface area contributed by atoms with Crippen LogP contribution in [-0.2, 0) is 20.6 Å². The molecule has 0 aliphatic rings. The van der Waals surface area contributed by atoms with Gasteiger partial charge in [-0.05, 0) is 35.9 Å². The van der Waals surface area contributed by atoms with Gasteiger partial charge in [0.15, 0.2) is 6.61 Å². The Labute approximate surface area is 149 Å². The lowest BCUT2D eigenvalue weighted by Gasteiger charge is -2.09. The zero-order chi connectivity index (χ0) is 17.7. The number of hydrogen-bond acceptors (Lipinski definition) is 4. The standard InChI is InChI=1S/C15H14Cl2N2O4S/c16-11-3-6-14(13(17)7-11)23-8-15(20)19-12-4-1-10(2-5-12)9-24(18,21)22/h1-7H,8-9H2,(H,19,20)(H2,18,21,22). The molecule has 9 heteroatoms. The summed E-state index contributed by atoms with van der Waals surface area (Å²) >= 11 is 11.7. The molecule has 128 valence electrons. The van der Waals surface area contributed by atoms with Crippen molar-refractivity contribution in [2.75, 3.05) is 11.9 Å². The maximum Gasteiger partial charge on any atom is 0.262 e. The lowest BCUT2D eigenvalue weighted by molar-refractivity contribution is -0.118. The molecule has 0 saturated heterocycles. The highest BCUT2D eigenvalue weighted by atomic mass is 35.5. The molecule has 2 aromatic carbocycles. The van der Waals surface area contributed by atoms with Gasteiger partial charge in [-0.3, -0.25) is 4.79 Å². The predicted molar refractivity (Wildman–Crippen MR) is 93.8 cm³/mol. The molecule has 24 heavy (non-hydrogen) atoms. The minimum atomic E-state index is -3.59. The zero-order valence-electron chi connectivity index (χ0n) is 12.3. The molecule has 2 rings (SSSR count). The van der Waals surface area contributed by atoms with Gasteiger partial charge >= 0.3 is 0 Å². The van der Waals surface area contributed by atoms with Crippen molar-refractivity contribution in [3.63, 3.8) is 0 Å². The molecular formula is C15H14Cl2N2O4S. The fourth-order valence-electron chi connectivity index (χ4n) is 1.85. The Morgan fingerprint density at radius 1 is 1.12 bits per heavy atom. The molecule has 0 saturated carbocycles. The second kappa shape index (κ2) is 7.85. The van der Waals surface area contributed by atoms with E-state index in [0.717, 1.165) is 0 Å². The molecule has 0 aromatic heterocycles. The topological polar surface area (TPSA) is 98.5 Å². The predicted octanol–water partition coefficient (Wildman–Crippen LogP) is 2.80. The first-order valence-electron chi connectivity index (χ1n) is 6.70. The average Bonchev–Trinajstić information content (AvgIpc) is 2.47. The fraction of sp³-hybridized carbons (Fsp3) is 0.133. The molecule has 0 spiro atoms. The van der Waals surface area contributed by atoms with Gasteiger partial charge < -0.3 is 10.1 Å². The number of nitrogens with one attached hydrogen (secondary N) is 1. The van der Waals surface area contributed by atoms with E-state index in [-0.39, 0.29) is 18.3 Å². The number of anilines is 1. The van der Waals surface area contributed by atoms with Crippen LogP contribution < -0.4 is 15.2 Å². The summed E-state index contributed by atoms with van der Waals surface area (Å²) in [6.45, 7) is -0.236. The highest BCUT2D eigenvalue weighted by Gasteiger charge is 2.08. The van der Waals surface area contributed by atoms with Crippen molar-refractivity contribution in [1.82, 2.24) is 0 Å². The molecule has 0 aliphatic heterocycles. The van der Waals surface area contributed by atoms with E-state index in [9.17, 15) is 13.2 Å². The van der Waals surface area contributed by atoms with Crippen LogP contribution in [0.5, 0.6) is 5.75 Å². The van der Waals surface area contributed by atoms with Crippen molar-refractivity contribution in [2.45, 2.75) is 5.75 Å². The van der Waals surface area contributed by atoms with Crippen LogP contribution in [0.25, 0.3) is 0 Å². The normalized spacial score (nSPS) is 11.1. The number of carbonyl (C=O) groups is 1. The lowest BCUT2D eigenvalue weighted by Crippen LogP contribution is -2.20. The number of nitrogens with two attached hydrogens (primary N) is 1. The molecule has 2 aromatic rings. The maximum absolute atomic E-state index is 11.9. The van der Waals surface area contributed by atoms with Crippen LogP contribution in [0.3, 0.4) is 0 Å². The van der Waals surface area contributed by atoms with Crippen LogP contribution in [0, 0.1) is 0 Å². The van der Waals surface area contributed by atoms with E-state index in [4.69, 9.17) is 33.1 Å². The maximum atomic E-state index is 11.9. The molecule has 0 fully saturated rings. The number of sulfonamides is 1. The Kier molecular flexibility index (Phi) is 6.06. The summed E-state index contributed by atoms with van der Waals surface area (Å²) in [5.74, 6) is -0.306. The average molecular weight is 389 g/mol. The smallest absolute Gasteiger partial charge is 0.262 e. The molecule has 0 aliphatic carbocycles. The SMILES string of the molecule is NS(=O)(=O)Cc1ccc(NC(=O)COc2ccc(Cl)cc2Cl)cc1. The molecule has 0 radical (unpaired) electrons. The van der Waals surface area contributed by atoms with Crippen LogP contribution >= 0.6 is 23.2 Å². The molecule has 0 unspecified atom stereocenters. The summed E-state index contributed by atoms with van der Waals surface area (Å²) in [7, 11) is -3.59. The van der Waals surface area contributed by atoms with Crippen LogP contribution in [0.4, 0.5) is 5.69 Å². The van der Waals surface area contributed by atoms with Crippen LogP contribution in [0.15, 0.2) is 42.5 Å². The summed E-state index contributed by atoms with van der Waals surface area (Å²) in [5, 5.41) is 8.37. The minimum Gasteiger partial charge on any atom is -0.482 e. The van der Waals surface area contributed by atoms with Gasteiger partial charge in [0, 0.05) is 10.7 Å². The third kappa shape index (κ3) is 6.01. The number of ether oxygens (including phenoxy) is 1. The first-order valence-corrected chi connectivity index (χ1v) is 9.17. The van der Waals surface area contributed by atoms with Crippen molar-refractivity contribution in [1.29, 1.82) is 0 Å². The van der Waals surface area contributed by atoms with Gasteiger partial charge in [-0.2, -0.15) is 0 Å². The highest BCUT2D eigenvalue weighted by molar-refractivity contribution is 7.88. The van der Waals surface area contributed by atoms with Gasteiger partial charge in [0.25, 0.3) is 5.91 Å². The second-order valence-corrected chi connectivity index (χ2v) is 7.37. The number of primary sulfonamides is 1. The van der Waals surface area contributed by atoms with Gasteiger partial charge in [0.05, 0.1) is 10.8 Å². The van der Waals surface area contributed by atoms with E-state index in [1.807, 2.05) is 0 Å². The third-order valence-electron chi connectivity index (χ3n) is 2.86. The fourth-order valence-corrected chi connectivity index (χ4v) is 2.97. The van der Waals surface area contributed by atoms with Crippen molar-refractivity contribution >= 4 is 44.8 Å². The van der Waals surface area contributed by atoms with Gasteiger partial charge in [0.2, 0.25) is 10.0 Å². The van der Waals surface area contributed by atoms with E-state index in [1.54, 1.807) is 36.4 Å². The summed E-state index contributed by atoms with van der Waals surface area (Å²) in [6, 6.07) is 11.0. The summed E-state index contributed by atoms with van der Waals surface area (Å²) < 4.78 is 27.3. The summed E-state index contributed by atoms with van der Waals surface area (Å²) in [6.07, 6.45) is 0. The number of rotatable bonds is 6. The lowest BCUT2D eigenvalue weighted by atomic mass is 10.2. The number of carbonyl (C=O) groups excluding carboxylic acids is 1. The Bertz CT molecular complexity index is 839. The molecule has 6 nitrogen and oxygen atoms in total. The van der Waals surface area contributed by atoms with E-state index in [1.165, 1.54) is 6.07 Å². The Balaban J connectivity index is 1.90. The second-order valence-electron chi connectivity index (χ2n) is 4.92. The Morgan fingerprint density at radius 3 is 2.38 bits per heavy atom. The molecule has 1 amide bonds. The molecule has 0 bridgehead atoms. The summed E-state index contributed by atoms with van der Waals surface area (Å²) in [5.41, 5.74) is 1.03. The van der Waals surface area contributed by atoms with Crippen LogP contribution in [0.1, 0.15) is 5.56 Å². The highest BCUT2D eigenvalue weighted by Crippen LogP contribution is 2.27. The minimum absolute atomic E-state index is 0.236. The van der Waals surface area contributed by atoms with E-state index in [2.05, 4.69) is 5.32 Å². The van der Waals surface area contributed by atoms with Crippen molar-refractivity contribution in [3.05, 3.63) is 58.1 Å². The monoisotopic (exact) mass is 388 g/mol. The van der Waals surface area contributed by atoms with Gasteiger partial charge in [0.1, 0.15) is 5.75 Å². The largest absolute Gasteiger partial charge is 0.482 e. The van der Waals surface area contributed by atoms with E-state index < -0.39 is 10.0 Å².